The number of nitrogens with zero attached hydrogens (tertiary/aromatic N) is 3. The van der Waals surface area contributed by atoms with Crippen LogP contribution >= 0.6 is 0 Å². The van der Waals surface area contributed by atoms with E-state index in [1.54, 1.807) is 10.9 Å². The van der Waals surface area contributed by atoms with Crippen LogP contribution in [0, 0.1) is 6.92 Å². The summed E-state index contributed by atoms with van der Waals surface area (Å²) in [6, 6.07) is 4.06. The average Bonchev–Trinajstić information content (AvgIpc) is 2.92. The minimum atomic E-state index is -0.505. The summed E-state index contributed by atoms with van der Waals surface area (Å²) >= 11 is 0. The van der Waals surface area contributed by atoms with E-state index in [-0.39, 0.29) is 5.92 Å². The molecule has 94 valence electrons. The smallest absolute Gasteiger partial charge is 0.0906 e. The minimum Gasteiger partial charge on any atom is -0.388 e. The van der Waals surface area contributed by atoms with Crippen molar-refractivity contribution in [2.24, 2.45) is 7.05 Å². The average molecular weight is 243 g/mol. The van der Waals surface area contributed by atoms with Gasteiger partial charge in [-0.3, -0.25) is 9.67 Å². The van der Waals surface area contributed by atoms with Gasteiger partial charge in [-0.05, 0) is 31.4 Å². The van der Waals surface area contributed by atoms with Crippen molar-refractivity contribution in [2.75, 3.05) is 0 Å². The lowest BCUT2D eigenvalue weighted by Gasteiger charge is -2.17. The summed E-state index contributed by atoms with van der Waals surface area (Å²) < 4.78 is 1.75. The van der Waals surface area contributed by atoms with E-state index >= 15 is 0 Å². The Hall–Kier alpha value is -1.68. The van der Waals surface area contributed by atoms with Gasteiger partial charge in [-0.25, -0.2) is 0 Å². The van der Waals surface area contributed by atoms with Crippen molar-refractivity contribution in [1.82, 2.24) is 14.8 Å². The van der Waals surface area contributed by atoms with E-state index < -0.39 is 6.10 Å². The summed E-state index contributed by atoms with van der Waals surface area (Å²) in [7, 11) is 1.88. The number of hydrogen-bond donors (Lipinski definition) is 1. The maximum Gasteiger partial charge on any atom is 0.0906 e. The fourth-order valence-electron chi connectivity index (χ4n) is 2.88. The predicted molar refractivity (Wildman–Crippen MR) is 68.2 cm³/mol. The standard InChI is InChI=1S/C14H17N3O/c1-9-12(8-17(2)16-9)14(18)11-6-5-10-4-3-7-15-13(10)11/h3-4,7-8,11,14,18H,5-6H2,1-2H3. The molecule has 0 fully saturated rings. The fourth-order valence-corrected chi connectivity index (χ4v) is 2.88. The highest BCUT2D eigenvalue weighted by Gasteiger charge is 2.32. The van der Waals surface area contributed by atoms with Crippen molar-refractivity contribution in [1.29, 1.82) is 0 Å². The van der Waals surface area contributed by atoms with E-state index in [1.807, 2.05) is 26.2 Å². The van der Waals surface area contributed by atoms with Crippen LogP contribution in [0.2, 0.25) is 0 Å². The quantitative estimate of drug-likeness (QED) is 0.876. The molecule has 1 aliphatic rings. The molecular formula is C14H17N3O. The van der Waals surface area contributed by atoms with Crippen LogP contribution < -0.4 is 0 Å². The fraction of sp³-hybridized carbons (Fsp3) is 0.429. The highest BCUT2D eigenvalue weighted by atomic mass is 16.3. The molecule has 2 aromatic heterocycles. The lowest BCUT2D eigenvalue weighted by atomic mass is 9.94. The van der Waals surface area contributed by atoms with E-state index in [0.717, 1.165) is 29.8 Å². The van der Waals surface area contributed by atoms with Crippen LogP contribution in [-0.4, -0.2) is 19.9 Å². The van der Waals surface area contributed by atoms with Gasteiger partial charge in [0.05, 0.1) is 11.8 Å². The number of aliphatic hydroxyl groups is 1. The summed E-state index contributed by atoms with van der Waals surface area (Å²) in [5.74, 6) is 0.101. The van der Waals surface area contributed by atoms with Crippen molar-refractivity contribution < 1.29 is 5.11 Å². The first-order valence-corrected chi connectivity index (χ1v) is 6.29. The van der Waals surface area contributed by atoms with Crippen molar-refractivity contribution >= 4 is 0 Å². The SMILES string of the molecule is Cc1nn(C)cc1C(O)C1CCc2cccnc21. The Morgan fingerprint density at radius 1 is 1.50 bits per heavy atom. The molecule has 3 rings (SSSR count). The lowest BCUT2D eigenvalue weighted by molar-refractivity contribution is 0.142. The number of rotatable bonds is 2. The van der Waals surface area contributed by atoms with Crippen LogP contribution in [0.25, 0.3) is 0 Å². The van der Waals surface area contributed by atoms with Gasteiger partial charge < -0.3 is 5.11 Å². The summed E-state index contributed by atoms with van der Waals surface area (Å²) in [6.45, 7) is 1.94. The zero-order chi connectivity index (χ0) is 12.7. The number of aromatic nitrogens is 3. The Morgan fingerprint density at radius 3 is 3.06 bits per heavy atom. The molecule has 4 heteroatoms. The molecule has 1 aliphatic carbocycles. The van der Waals surface area contributed by atoms with Crippen LogP contribution in [0.15, 0.2) is 24.5 Å². The molecule has 4 nitrogen and oxygen atoms in total. The summed E-state index contributed by atoms with van der Waals surface area (Å²) in [6.07, 6.45) is 5.17. The molecule has 0 saturated carbocycles. The largest absolute Gasteiger partial charge is 0.388 e. The number of fused-ring (bicyclic) bond motifs is 1. The Bertz CT molecular complexity index is 576. The van der Waals surface area contributed by atoms with Crippen LogP contribution in [-0.2, 0) is 13.5 Å². The molecule has 2 aromatic rings. The van der Waals surface area contributed by atoms with Crippen LogP contribution in [0.3, 0.4) is 0 Å². The van der Waals surface area contributed by atoms with Crippen LogP contribution in [0.1, 0.15) is 41.0 Å². The summed E-state index contributed by atoms with van der Waals surface area (Å²) in [5, 5.41) is 14.9. The van der Waals surface area contributed by atoms with Gasteiger partial charge in [-0.1, -0.05) is 6.07 Å². The zero-order valence-corrected chi connectivity index (χ0v) is 10.7. The van der Waals surface area contributed by atoms with Crippen molar-refractivity contribution in [3.8, 4) is 0 Å². The Kier molecular flexibility index (Phi) is 2.67. The molecule has 0 aromatic carbocycles. The first-order chi connectivity index (χ1) is 8.66. The molecule has 2 heterocycles. The first-order valence-electron chi connectivity index (χ1n) is 6.29. The van der Waals surface area contributed by atoms with Crippen molar-refractivity contribution in [3.05, 3.63) is 47.0 Å². The van der Waals surface area contributed by atoms with E-state index in [0.29, 0.717) is 0 Å². The van der Waals surface area contributed by atoms with Gasteiger partial charge >= 0.3 is 0 Å². The molecule has 1 N–H and O–H groups in total. The zero-order valence-electron chi connectivity index (χ0n) is 10.7. The molecule has 0 spiro atoms. The molecule has 0 radical (unpaired) electrons. The predicted octanol–water partition coefficient (Wildman–Crippen LogP) is 1.89. The van der Waals surface area contributed by atoms with Crippen molar-refractivity contribution in [3.63, 3.8) is 0 Å². The number of aryl methyl sites for hydroxylation is 3. The normalized spacial score (nSPS) is 19.8. The second-order valence-electron chi connectivity index (χ2n) is 4.98. The topological polar surface area (TPSA) is 50.9 Å². The van der Waals surface area contributed by atoms with E-state index in [4.69, 9.17) is 0 Å². The van der Waals surface area contributed by atoms with Gasteiger partial charge in [0.25, 0.3) is 0 Å². The second kappa shape index (κ2) is 4.21. The monoisotopic (exact) mass is 243 g/mol. The Labute approximate surface area is 106 Å². The van der Waals surface area contributed by atoms with Crippen LogP contribution in [0.4, 0.5) is 0 Å². The Balaban J connectivity index is 1.95. The molecule has 0 bridgehead atoms. The van der Waals surface area contributed by atoms with Gasteiger partial charge in [-0.2, -0.15) is 5.10 Å². The Morgan fingerprint density at radius 2 is 2.33 bits per heavy atom. The number of aliphatic hydroxyl groups excluding tert-OH is 1. The van der Waals surface area contributed by atoms with E-state index in [9.17, 15) is 5.11 Å². The molecule has 2 atom stereocenters. The minimum absolute atomic E-state index is 0.101. The van der Waals surface area contributed by atoms with Gasteiger partial charge in [0.2, 0.25) is 0 Å². The third kappa shape index (κ3) is 1.73. The molecule has 2 unspecified atom stereocenters. The number of hydrogen-bond acceptors (Lipinski definition) is 3. The first kappa shape index (κ1) is 11.4. The number of pyridine rings is 1. The van der Waals surface area contributed by atoms with Gasteiger partial charge in [0.1, 0.15) is 0 Å². The van der Waals surface area contributed by atoms with Gasteiger partial charge in [0.15, 0.2) is 0 Å². The van der Waals surface area contributed by atoms with Crippen LogP contribution in [0.5, 0.6) is 0 Å². The van der Waals surface area contributed by atoms with Gasteiger partial charge in [-0.15, -0.1) is 0 Å². The third-order valence-corrected chi connectivity index (χ3v) is 3.75. The van der Waals surface area contributed by atoms with Crippen molar-refractivity contribution in [2.45, 2.75) is 31.8 Å². The molecule has 0 aliphatic heterocycles. The highest BCUT2D eigenvalue weighted by Crippen LogP contribution is 2.40. The molecule has 0 saturated heterocycles. The summed E-state index contributed by atoms with van der Waals surface area (Å²) in [5.41, 5.74) is 4.13. The lowest BCUT2D eigenvalue weighted by Crippen LogP contribution is -2.09. The third-order valence-electron chi connectivity index (χ3n) is 3.75. The molecule has 0 amide bonds. The van der Waals surface area contributed by atoms with E-state index in [1.165, 1.54) is 5.56 Å². The highest BCUT2D eigenvalue weighted by molar-refractivity contribution is 5.33. The van der Waals surface area contributed by atoms with Gasteiger partial charge in [0, 0.05) is 36.6 Å². The molecule has 18 heavy (non-hydrogen) atoms. The second-order valence-corrected chi connectivity index (χ2v) is 4.98. The maximum atomic E-state index is 10.6. The molecular weight excluding hydrogens is 226 g/mol. The van der Waals surface area contributed by atoms with E-state index in [2.05, 4.69) is 16.1 Å². The summed E-state index contributed by atoms with van der Waals surface area (Å²) in [4.78, 5) is 4.44. The maximum absolute atomic E-state index is 10.6.